The van der Waals surface area contributed by atoms with Gasteiger partial charge in [0.25, 0.3) is 0 Å². The second kappa shape index (κ2) is 7.27. The van der Waals surface area contributed by atoms with Gasteiger partial charge < -0.3 is 10.1 Å². The quantitative estimate of drug-likeness (QED) is 0.741. The molecule has 124 valence electrons. The predicted octanol–water partition coefficient (Wildman–Crippen LogP) is 3.19. The number of tetrazole rings is 1. The monoisotopic (exact) mass is 347 g/mol. The van der Waals surface area contributed by atoms with Crippen LogP contribution in [0.4, 0.5) is 10.3 Å². The van der Waals surface area contributed by atoms with E-state index in [-0.39, 0.29) is 12.4 Å². The molecule has 0 saturated heterocycles. The molecule has 0 amide bonds. The van der Waals surface area contributed by atoms with Crippen LogP contribution in [-0.2, 0) is 20.2 Å². The Bertz CT molecular complexity index is 801. The van der Waals surface area contributed by atoms with Crippen molar-refractivity contribution in [2.75, 3.05) is 5.32 Å². The molecule has 0 saturated carbocycles. The van der Waals surface area contributed by atoms with Gasteiger partial charge in [-0.05, 0) is 40.3 Å². The standard InChI is InChI=1S/C16H15ClFN5O/c1-23-16(20-21-22-23)19-9-11-5-7-12(8-6-11)24-10-13-14(17)3-2-4-15(13)18/h2-8H,9-10H2,1H3,(H,19,20,22). The van der Waals surface area contributed by atoms with E-state index in [4.69, 9.17) is 16.3 Å². The van der Waals surface area contributed by atoms with Crippen LogP contribution in [0.1, 0.15) is 11.1 Å². The maximum absolute atomic E-state index is 13.7. The van der Waals surface area contributed by atoms with E-state index in [1.54, 1.807) is 23.9 Å². The first-order chi connectivity index (χ1) is 11.6. The third kappa shape index (κ3) is 3.80. The van der Waals surface area contributed by atoms with Gasteiger partial charge in [0.1, 0.15) is 18.2 Å². The van der Waals surface area contributed by atoms with Gasteiger partial charge in [-0.15, -0.1) is 0 Å². The number of benzene rings is 2. The topological polar surface area (TPSA) is 64.9 Å². The summed E-state index contributed by atoms with van der Waals surface area (Å²) in [6.45, 7) is 0.654. The lowest BCUT2D eigenvalue weighted by Gasteiger charge is -2.10. The van der Waals surface area contributed by atoms with E-state index in [1.165, 1.54) is 6.07 Å². The molecule has 1 aromatic heterocycles. The molecular weight excluding hydrogens is 333 g/mol. The number of aromatic nitrogens is 4. The Labute approximate surface area is 143 Å². The van der Waals surface area contributed by atoms with Crippen LogP contribution in [0.15, 0.2) is 42.5 Å². The van der Waals surface area contributed by atoms with Crippen molar-refractivity contribution in [3.05, 3.63) is 64.4 Å². The summed E-state index contributed by atoms with van der Waals surface area (Å²) in [5.74, 6) is 0.850. The highest BCUT2D eigenvalue weighted by molar-refractivity contribution is 6.31. The van der Waals surface area contributed by atoms with Crippen LogP contribution in [0.25, 0.3) is 0 Å². The van der Waals surface area contributed by atoms with E-state index in [1.807, 2.05) is 24.3 Å². The molecule has 0 bridgehead atoms. The average molecular weight is 348 g/mol. The highest BCUT2D eigenvalue weighted by atomic mass is 35.5. The van der Waals surface area contributed by atoms with Crippen molar-refractivity contribution in [2.24, 2.45) is 7.05 Å². The van der Waals surface area contributed by atoms with Crippen LogP contribution in [0.5, 0.6) is 5.75 Å². The summed E-state index contributed by atoms with van der Waals surface area (Å²) in [7, 11) is 1.76. The van der Waals surface area contributed by atoms with E-state index in [9.17, 15) is 4.39 Å². The zero-order chi connectivity index (χ0) is 16.9. The maximum atomic E-state index is 13.7. The van der Waals surface area contributed by atoms with Crippen molar-refractivity contribution in [3.8, 4) is 5.75 Å². The molecular formula is C16H15ClFN5O. The number of aryl methyl sites for hydroxylation is 1. The number of nitrogens with one attached hydrogen (secondary N) is 1. The van der Waals surface area contributed by atoms with Crippen LogP contribution < -0.4 is 10.1 Å². The lowest BCUT2D eigenvalue weighted by Crippen LogP contribution is -2.05. The molecule has 1 heterocycles. The Kier molecular flexibility index (Phi) is 4.90. The third-order valence-electron chi connectivity index (χ3n) is 3.44. The molecule has 0 unspecified atom stereocenters. The van der Waals surface area contributed by atoms with Crippen molar-refractivity contribution in [2.45, 2.75) is 13.2 Å². The van der Waals surface area contributed by atoms with Crippen LogP contribution in [0.3, 0.4) is 0 Å². The van der Waals surface area contributed by atoms with E-state index in [0.29, 0.717) is 28.8 Å². The summed E-state index contributed by atoms with van der Waals surface area (Å²) < 4.78 is 20.8. The molecule has 0 radical (unpaired) electrons. The molecule has 0 atom stereocenters. The second-order valence-corrected chi connectivity index (χ2v) is 5.52. The molecule has 0 aliphatic heterocycles. The minimum Gasteiger partial charge on any atom is -0.489 e. The van der Waals surface area contributed by atoms with Crippen LogP contribution in [-0.4, -0.2) is 20.2 Å². The molecule has 0 aliphatic carbocycles. The minimum absolute atomic E-state index is 0.0771. The second-order valence-electron chi connectivity index (χ2n) is 5.11. The van der Waals surface area contributed by atoms with Gasteiger partial charge in [0.15, 0.2) is 0 Å². The Morgan fingerprint density at radius 2 is 2.00 bits per heavy atom. The fourth-order valence-corrected chi connectivity index (χ4v) is 2.31. The summed E-state index contributed by atoms with van der Waals surface area (Å²) in [5.41, 5.74) is 1.38. The Morgan fingerprint density at radius 3 is 2.67 bits per heavy atom. The number of hydrogen-bond donors (Lipinski definition) is 1. The van der Waals surface area contributed by atoms with Crippen LogP contribution in [0.2, 0.25) is 5.02 Å². The Hall–Kier alpha value is -2.67. The number of ether oxygens (including phenoxy) is 1. The molecule has 0 fully saturated rings. The van der Waals surface area contributed by atoms with Crippen molar-refractivity contribution in [1.82, 2.24) is 20.2 Å². The Balaban J connectivity index is 1.57. The first-order valence-corrected chi connectivity index (χ1v) is 7.62. The summed E-state index contributed by atoms with van der Waals surface area (Å²) in [6, 6.07) is 12.0. The largest absolute Gasteiger partial charge is 0.489 e. The number of anilines is 1. The molecule has 3 aromatic rings. The number of nitrogens with zero attached hydrogens (tertiary/aromatic N) is 4. The molecule has 1 N–H and O–H groups in total. The van der Waals surface area contributed by atoms with E-state index < -0.39 is 0 Å². The van der Waals surface area contributed by atoms with Crippen molar-refractivity contribution in [1.29, 1.82) is 0 Å². The molecule has 6 nitrogen and oxygen atoms in total. The first-order valence-electron chi connectivity index (χ1n) is 7.24. The van der Waals surface area contributed by atoms with Crippen molar-refractivity contribution < 1.29 is 9.13 Å². The first kappa shape index (κ1) is 16.2. The van der Waals surface area contributed by atoms with E-state index in [2.05, 4.69) is 20.8 Å². The lowest BCUT2D eigenvalue weighted by atomic mass is 10.2. The fourth-order valence-electron chi connectivity index (χ4n) is 2.09. The van der Waals surface area contributed by atoms with Gasteiger partial charge in [-0.1, -0.05) is 34.9 Å². The Morgan fingerprint density at radius 1 is 1.21 bits per heavy atom. The summed E-state index contributed by atoms with van der Waals surface area (Å²) in [5, 5.41) is 14.6. The van der Waals surface area contributed by atoms with E-state index in [0.717, 1.165) is 5.56 Å². The van der Waals surface area contributed by atoms with Crippen molar-refractivity contribution in [3.63, 3.8) is 0 Å². The van der Waals surface area contributed by atoms with Gasteiger partial charge in [-0.25, -0.2) is 9.07 Å². The van der Waals surface area contributed by atoms with Gasteiger partial charge in [0.05, 0.1) is 5.02 Å². The molecule has 24 heavy (non-hydrogen) atoms. The summed E-state index contributed by atoms with van der Waals surface area (Å²) in [6.07, 6.45) is 0. The normalized spacial score (nSPS) is 10.6. The minimum atomic E-state index is -0.374. The molecule has 3 rings (SSSR count). The lowest BCUT2D eigenvalue weighted by molar-refractivity contribution is 0.300. The third-order valence-corrected chi connectivity index (χ3v) is 3.79. The zero-order valence-electron chi connectivity index (χ0n) is 12.9. The van der Waals surface area contributed by atoms with Crippen molar-refractivity contribution >= 4 is 17.5 Å². The fraction of sp³-hybridized carbons (Fsp3) is 0.188. The molecule has 2 aromatic carbocycles. The van der Waals surface area contributed by atoms with Gasteiger partial charge in [0, 0.05) is 19.2 Å². The highest BCUT2D eigenvalue weighted by Crippen LogP contribution is 2.21. The maximum Gasteiger partial charge on any atom is 0.242 e. The van der Waals surface area contributed by atoms with E-state index >= 15 is 0 Å². The number of rotatable bonds is 6. The summed E-state index contributed by atoms with van der Waals surface area (Å²) in [4.78, 5) is 0. The van der Waals surface area contributed by atoms with Gasteiger partial charge >= 0.3 is 0 Å². The average Bonchev–Trinajstić information content (AvgIpc) is 2.99. The van der Waals surface area contributed by atoms with Crippen LogP contribution in [0, 0.1) is 5.82 Å². The highest BCUT2D eigenvalue weighted by Gasteiger charge is 2.08. The molecule has 0 aliphatic rings. The number of hydrogen-bond acceptors (Lipinski definition) is 5. The summed E-state index contributed by atoms with van der Waals surface area (Å²) >= 11 is 5.98. The molecule has 0 spiro atoms. The van der Waals surface area contributed by atoms with Gasteiger partial charge in [-0.2, -0.15) is 0 Å². The predicted molar refractivity (Wildman–Crippen MR) is 88.3 cm³/mol. The van der Waals surface area contributed by atoms with Crippen LogP contribution >= 0.6 is 11.6 Å². The van der Waals surface area contributed by atoms with Gasteiger partial charge in [0.2, 0.25) is 5.95 Å². The van der Waals surface area contributed by atoms with Gasteiger partial charge in [-0.3, -0.25) is 0 Å². The SMILES string of the molecule is Cn1nnnc1NCc1ccc(OCc2c(F)cccc2Cl)cc1. The number of halogens is 2. The zero-order valence-corrected chi connectivity index (χ0v) is 13.7. The smallest absolute Gasteiger partial charge is 0.242 e. The molecule has 8 heteroatoms.